The summed E-state index contributed by atoms with van der Waals surface area (Å²) in [6.07, 6.45) is 0. The number of hydrogen-bond donors (Lipinski definition) is 1. The molecule has 32 valence electrons. The molecule has 1 N–H and O–H groups in total. The molecule has 0 aliphatic heterocycles. The third-order valence-corrected chi connectivity index (χ3v) is 0.129. The number of rotatable bonds is 1. The minimum absolute atomic E-state index is 0. The first kappa shape index (κ1) is 15.9. The summed E-state index contributed by atoms with van der Waals surface area (Å²) in [7, 11) is 0. The van der Waals surface area contributed by atoms with Gasteiger partial charge in [-0.05, 0) is 0 Å². The molecule has 0 aliphatic carbocycles. The van der Waals surface area contributed by atoms with Crippen LogP contribution < -0.4 is 75.4 Å². The summed E-state index contributed by atoms with van der Waals surface area (Å²) in [5.74, 6) is -1.44. The van der Waals surface area contributed by atoms with E-state index in [4.69, 9.17) is 15.0 Å². The molecule has 0 bridgehead atoms. The van der Waals surface area contributed by atoms with Gasteiger partial charge in [-0.15, -0.1) is 0 Å². The number of aliphatic hydroxyl groups excluding tert-OH is 1. The Morgan fingerprint density at radius 1 is 1.86 bits per heavy atom. The van der Waals surface area contributed by atoms with Crippen LogP contribution in [-0.2, 0) is 4.79 Å². The van der Waals surface area contributed by atoms with E-state index in [1.54, 1.807) is 0 Å². The fraction of sp³-hybridized carbons (Fsp3) is 0.500. The summed E-state index contributed by atoms with van der Waals surface area (Å²) in [4.78, 5) is 9.01. The van der Waals surface area contributed by atoms with Crippen LogP contribution in [-0.4, -0.2) is 17.7 Å². The monoisotopic (exact) mass is 122 g/mol. The predicted molar refractivity (Wildman–Crippen MR) is 13.2 cm³/mol. The van der Waals surface area contributed by atoms with Gasteiger partial charge in [0.25, 0.3) is 0 Å². The first-order chi connectivity index (χ1) is 2.27. The second kappa shape index (κ2) is 10.6. The van der Waals surface area contributed by atoms with E-state index in [9.17, 15) is 0 Å². The van der Waals surface area contributed by atoms with E-state index in [1.165, 1.54) is 0 Å². The normalized spacial score (nSPS) is 5.29. The third kappa shape index (κ3) is 18.3. The molecule has 0 atom stereocenters. The van der Waals surface area contributed by atoms with Gasteiger partial charge in [-0.2, -0.15) is 0 Å². The average molecular weight is 122 g/mol. The van der Waals surface area contributed by atoms with E-state index < -0.39 is 12.6 Å². The number of carbonyl (C=O) groups excluding carboxylic acids is 1. The second-order valence-electron chi connectivity index (χ2n) is 0.530. The van der Waals surface area contributed by atoms with E-state index in [0.29, 0.717) is 0 Å². The van der Waals surface area contributed by atoms with Crippen molar-refractivity contribution in [2.75, 3.05) is 6.61 Å². The fourth-order valence-electron chi connectivity index (χ4n) is 0. The van der Waals surface area contributed by atoms with Crippen molar-refractivity contribution in [3.8, 4) is 0 Å². The molecule has 0 rings (SSSR count). The molecule has 0 radical (unpaired) electrons. The minimum atomic E-state index is -1.44. The first-order valence-corrected chi connectivity index (χ1v) is 1.08. The van der Waals surface area contributed by atoms with Crippen molar-refractivity contribution >= 4 is 5.97 Å². The molecule has 5 heteroatoms. The maximum atomic E-state index is 9.01. The molecule has 0 aromatic carbocycles. The molecule has 0 saturated heterocycles. The Morgan fingerprint density at radius 2 is 2.00 bits per heavy atom. The predicted octanol–water partition coefficient (Wildman–Crippen LogP) is -8.15. The average Bonchev–Trinajstić information content (AvgIpc) is 1.38. The van der Waals surface area contributed by atoms with Crippen LogP contribution >= 0.6 is 0 Å². The fourth-order valence-corrected chi connectivity index (χ4v) is 0. The van der Waals surface area contributed by atoms with E-state index >= 15 is 0 Å². The molecule has 0 unspecified atom stereocenters. The Bertz CT molecular complexity index is 52.5. The van der Waals surface area contributed by atoms with Crippen molar-refractivity contribution < 1.29 is 86.7 Å². The summed E-state index contributed by atoms with van der Waals surface area (Å²) >= 11 is 0. The van der Waals surface area contributed by atoms with Crippen molar-refractivity contribution in [2.45, 2.75) is 0 Å². The first-order valence-electron chi connectivity index (χ1n) is 1.08. The van der Waals surface area contributed by atoms with Crippen molar-refractivity contribution in [1.29, 1.82) is 0 Å². The van der Waals surface area contributed by atoms with Gasteiger partial charge in [0.2, 0.25) is 0 Å². The Labute approximate surface area is 97.6 Å². The van der Waals surface area contributed by atoms with Crippen LogP contribution in [0.15, 0.2) is 0 Å². The zero-order valence-electron chi connectivity index (χ0n) is 5.47. The van der Waals surface area contributed by atoms with E-state index in [1.807, 2.05) is 0 Å². The van der Waals surface area contributed by atoms with Gasteiger partial charge < -0.3 is 16.4 Å². The summed E-state index contributed by atoms with van der Waals surface area (Å²) in [6.45, 7) is -0.889. The van der Waals surface area contributed by atoms with Gasteiger partial charge in [0.1, 0.15) is 0 Å². The Kier molecular flexibility index (Phi) is 24.0. The molecule has 0 fully saturated rings. The van der Waals surface area contributed by atoms with E-state index in [2.05, 4.69) is 0 Å². The topological polar surface area (TPSA) is 60.4 Å². The molecule has 0 aliphatic rings. The van der Waals surface area contributed by atoms with Crippen molar-refractivity contribution in [2.24, 2.45) is 0 Å². The van der Waals surface area contributed by atoms with Crippen LogP contribution in [0.3, 0.4) is 0 Å². The third-order valence-electron chi connectivity index (χ3n) is 0.129. The molecule has 0 amide bonds. The van der Waals surface area contributed by atoms with E-state index in [0.717, 1.165) is 0 Å². The van der Waals surface area contributed by atoms with Gasteiger partial charge in [0.05, 0.1) is 12.6 Å². The molecule has 0 saturated carbocycles. The van der Waals surface area contributed by atoms with Gasteiger partial charge in [0, 0.05) is 0 Å². The summed E-state index contributed by atoms with van der Waals surface area (Å²) in [5.41, 5.74) is 0. The summed E-state index contributed by atoms with van der Waals surface area (Å²) in [6, 6.07) is 0. The number of carbonyl (C=O) groups is 1. The summed E-state index contributed by atoms with van der Waals surface area (Å²) in [5, 5.41) is 16.5. The molecule has 3 nitrogen and oxygen atoms in total. The molecule has 0 aromatic heterocycles. The van der Waals surface area contributed by atoms with Crippen LogP contribution in [0.2, 0.25) is 0 Å². The molecule has 0 aromatic rings. The maximum absolute atomic E-state index is 9.01. The standard InChI is InChI=1S/C2H4O3.K.Li.H/c3-1-2(4)5;;;/h3H,1H2,(H,4,5);;;/q;2*+1;-1/p-1. The quantitative estimate of drug-likeness (QED) is 0.351. The van der Waals surface area contributed by atoms with Gasteiger partial charge in [-0.25, -0.2) is 0 Å². The van der Waals surface area contributed by atoms with Crippen molar-refractivity contribution in [3.63, 3.8) is 0 Å². The van der Waals surface area contributed by atoms with Crippen molar-refractivity contribution in [1.82, 2.24) is 0 Å². The smallest absolute Gasteiger partial charge is 1.00 e. The molecule has 0 heterocycles. The van der Waals surface area contributed by atoms with Gasteiger partial charge >= 0.3 is 70.2 Å². The zero-order valence-corrected chi connectivity index (χ0v) is 7.59. The summed E-state index contributed by atoms with van der Waals surface area (Å²) < 4.78 is 0. The molecule has 0 spiro atoms. The molecular weight excluding hydrogens is 118 g/mol. The SMILES string of the molecule is O=C([O-])CO.[H-].[K+].[Li+]. The largest absolute Gasteiger partial charge is 1.00 e. The maximum Gasteiger partial charge on any atom is 1.00 e. The van der Waals surface area contributed by atoms with E-state index in [-0.39, 0.29) is 71.7 Å². The number of hydrogen-bond acceptors (Lipinski definition) is 3. The minimum Gasteiger partial charge on any atom is -1.00 e. The Morgan fingerprint density at radius 3 is 2.00 bits per heavy atom. The second-order valence-corrected chi connectivity index (χ2v) is 0.530. The van der Waals surface area contributed by atoms with Crippen LogP contribution in [0, 0.1) is 0 Å². The van der Waals surface area contributed by atoms with Crippen molar-refractivity contribution in [3.05, 3.63) is 0 Å². The van der Waals surface area contributed by atoms with Crippen LogP contribution in [0.25, 0.3) is 0 Å². The zero-order chi connectivity index (χ0) is 4.28. The van der Waals surface area contributed by atoms with Gasteiger partial charge in [-0.1, -0.05) is 0 Å². The molecule has 7 heavy (non-hydrogen) atoms. The number of aliphatic hydroxyl groups is 1. The molecular formula is C2H4KLiO3. The number of carboxylic acids is 1. The van der Waals surface area contributed by atoms with Crippen LogP contribution in [0.5, 0.6) is 0 Å². The Balaban J connectivity index is -0.0000000267. The van der Waals surface area contributed by atoms with Crippen LogP contribution in [0.4, 0.5) is 0 Å². The Hall–Kier alpha value is 1.66. The number of carboxylic acid groups (broad SMARTS) is 1. The van der Waals surface area contributed by atoms with Crippen LogP contribution in [0.1, 0.15) is 1.43 Å². The van der Waals surface area contributed by atoms with Gasteiger partial charge in [0.15, 0.2) is 0 Å². The number of aliphatic carboxylic acids is 1. The van der Waals surface area contributed by atoms with Gasteiger partial charge in [-0.3, -0.25) is 0 Å².